The van der Waals surface area contributed by atoms with E-state index in [-0.39, 0.29) is 28.9 Å². The molecule has 3 rings (SSSR count). The Morgan fingerprint density at radius 2 is 2.04 bits per heavy atom. The fourth-order valence-electron chi connectivity index (χ4n) is 2.32. The Morgan fingerprint density at radius 1 is 1.31 bits per heavy atom. The van der Waals surface area contributed by atoms with Crippen molar-refractivity contribution in [2.24, 2.45) is 12.8 Å². The lowest BCUT2D eigenvalue weighted by Crippen LogP contribution is -2.17. The first-order chi connectivity index (χ1) is 12.2. The van der Waals surface area contributed by atoms with Crippen molar-refractivity contribution in [2.45, 2.75) is 6.18 Å². The molecule has 3 aromatic heterocycles. The summed E-state index contributed by atoms with van der Waals surface area (Å²) in [6, 6.07) is 1.44. The zero-order chi connectivity index (χ0) is 19.1. The van der Waals surface area contributed by atoms with Gasteiger partial charge >= 0.3 is 6.18 Å². The molecule has 12 heteroatoms. The van der Waals surface area contributed by atoms with E-state index in [9.17, 15) is 18.0 Å². The molecule has 0 aliphatic rings. The summed E-state index contributed by atoms with van der Waals surface area (Å²) in [6.45, 7) is 0. The van der Waals surface area contributed by atoms with Crippen LogP contribution in [0, 0.1) is 0 Å². The van der Waals surface area contributed by atoms with E-state index < -0.39 is 17.8 Å². The Labute approximate surface area is 144 Å². The summed E-state index contributed by atoms with van der Waals surface area (Å²) in [4.78, 5) is 22.9. The number of ether oxygens (including phenoxy) is 1. The molecule has 0 aliphatic carbocycles. The van der Waals surface area contributed by atoms with E-state index in [0.29, 0.717) is 0 Å². The molecule has 0 fully saturated rings. The molecule has 3 heterocycles. The first-order valence-electron chi connectivity index (χ1n) is 7.08. The molecule has 0 unspecified atom stereocenters. The van der Waals surface area contributed by atoms with Gasteiger partial charge in [0.05, 0.1) is 24.6 Å². The van der Waals surface area contributed by atoms with Gasteiger partial charge in [0.15, 0.2) is 11.5 Å². The number of aromatic nitrogens is 6. The summed E-state index contributed by atoms with van der Waals surface area (Å²) < 4.78 is 47.3. The number of carbonyl (C=O) groups is 1. The van der Waals surface area contributed by atoms with Gasteiger partial charge in [0, 0.05) is 25.5 Å². The highest BCUT2D eigenvalue weighted by molar-refractivity contribution is 5.90. The van der Waals surface area contributed by atoms with Gasteiger partial charge in [-0.2, -0.15) is 23.3 Å². The van der Waals surface area contributed by atoms with Gasteiger partial charge in [-0.3, -0.25) is 4.79 Å². The van der Waals surface area contributed by atoms with Crippen LogP contribution in [-0.2, 0) is 13.2 Å². The number of nitrogens with zero attached hydrogens (tertiary/aromatic N) is 6. The summed E-state index contributed by atoms with van der Waals surface area (Å²) in [7, 11) is 2.74. The first kappa shape index (κ1) is 17.4. The van der Waals surface area contributed by atoms with Crippen molar-refractivity contribution in [3.8, 4) is 23.1 Å². The van der Waals surface area contributed by atoms with Crippen LogP contribution in [0.1, 0.15) is 16.3 Å². The van der Waals surface area contributed by atoms with Gasteiger partial charge in [0.2, 0.25) is 5.88 Å². The van der Waals surface area contributed by atoms with Crippen molar-refractivity contribution < 1.29 is 22.7 Å². The third kappa shape index (κ3) is 2.96. The Morgan fingerprint density at radius 3 is 2.62 bits per heavy atom. The second-order valence-electron chi connectivity index (χ2n) is 5.12. The Kier molecular flexibility index (Phi) is 4.10. The van der Waals surface area contributed by atoms with Gasteiger partial charge in [-0.25, -0.2) is 14.6 Å². The molecule has 0 aromatic carbocycles. The first-order valence-corrected chi connectivity index (χ1v) is 7.08. The maximum atomic E-state index is 13.4. The molecule has 0 atom stereocenters. The van der Waals surface area contributed by atoms with Crippen LogP contribution in [0.15, 0.2) is 24.7 Å². The van der Waals surface area contributed by atoms with Crippen LogP contribution in [0.2, 0.25) is 0 Å². The van der Waals surface area contributed by atoms with Gasteiger partial charge in [-0.05, 0) is 0 Å². The quantitative estimate of drug-likeness (QED) is 0.741. The van der Waals surface area contributed by atoms with Crippen LogP contribution in [0.5, 0.6) is 5.88 Å². The van der Waals surface area contributed by atoms with Gasteiger partial charge in [-0.1, -0.05) is 0 Å². The molecule has 0 aliphatic heterocycles. The molecule has 136 valence electrons. The summed E-state index contributed by atoms with van der Waals surface area (Å²) in [5, 5.41) is 3.55. The van der Waals surface area contributed by atoms with Crippen molar-refractivity contribution in [1.82, 2.24) is 29.3 Å². The molecular weight excluding hydrogens is 355 g/mol. The highest BCUT2D eigenvalue weighted by Crippen LogP contribution is 2.36. The molecule has 0 radical (unpaired) electrons. The average molecular weight is 367 g/mol. The van der Waals surface area contributed by atoms with E-state index in [2.05, 4.69) is 20.1 Å². The maximum Gasteiger partial charge on any atom is 0.435 e. The van der Waals surface area contributed by atoms with Gasteiger partial charge in [-0.15, -0.1) is 0 Å². The summed E-state index contributed by atoms with van der Waals surface area (Å²) >= 11 is 0. The van der Waals surface area contributed by atoms with Crippen LogP contribution in [0.3, 0.4) is 0 Å². The van der Waals surface area contributed by atoms with Crippen LogP contribution in [0.25, 0.3) is 17.2 Å². The number of nitrogens with two attached hydrogens (primary N) is 1. The monoisotopic (exact) mass is 367 g/mol. The molecular formula is C14H12F3N7O2. The van der Waals surface area contributed by atoms with E-state index in [1.165, 1.54) is 26.4 Å². The SMILES string of the molecule is COc1ccnc(-n2cc(-c3cnc(C(N)=O)n3C)c(C(F)(F)F)n2)n1. The molecule has 2 N–H and O–H groups in total. The van der Waals surface area contributed by atoms with Crippen LogP contribution in [-0.4, -0.2) is 42.3 Å². The van der Waals surface area contributed by atoms with E-state index in [1.807, 2.05) is 0 Å². The third-order valence-electron chi connectivity index (χ3n) is 3.50. The number of hydrogen-bond acceptors (Lipinski definition) is 6. The number of halogens is 3. The van der Waals surface area contributed by atoms with Gasteiger partial charge in [0.25, 0.3) is 11.9 Å². The van der Waals surface area contributed by atoms with E-state index in [1.54, 1.807) is 0 Å². The van der Waals surface area contributed by atoms with Crippen LogP contribution in [0.4, 0.5) is 13.2 Å². The fraction of sp³-hybridized carbons (Fsp3) is 0.214. The molecule has 26 heavy (non-hydrogen) atoms. The highest BCUT2D eigenvalue weighted by atomic mass is 19.4. The van der Waals surface area contributed by atoms with Gasteiger partial charge < -0.3 is 15.0 Å². The average Bonchev–Trinajstić information content (AvgIpc) is 3.18. The van der Waals surface area contributed by atoms with Crippen LogP contribution >= 0.6 is 0 Å². The Bertz CT molecular complexity index is 977. The maximum absolute atomic E-state index is 13.4. The van der Waals surface area contributed by atoms with Crippen molar-refractivity contribution in [3.63, 3.8) is 0 Å². The smallest absolute Gasteiger partial charge is 0.435 e. The third-order valence-corrected chi connectivity index (χ3v) is 3.50. The molecule has 0 spiro atoms. The zero-order valence-electron chi connectivity index (χ0n) is 13.5. The lowest BCUT2D eigenvalue weighted by molar-refractivity contribution is -0.140. The minimum Gasteiger partial charge on any atom is -0.481 e. The van der Waals surface area contributed by atoms with Crippen molar-refractivity contribution in [3.05, 3.63) is 36.2 Å². The molecule has 0 bridgehead atoms. The second kappa shape index (κ2) is 6.13. The minimum atomic E-state index is -4.75. The normalized spacial score (nSPS) is 11.6. The highest BCUT2D eigenvalue weighted by Gasteiger charge is 2.39. The van der Waals surface area contributed by atoms with Crippen molar-refractivity contribution in [1.29, 1.82) is 0 Å². The molecule has 9 nitrogen and oxygen atoms in total. The second-order valence-corrected chi connectivity index (χ2v) is 5.12. The number of primary amides is 1. The zero-order valence-corrected chi connectivity index (χ0v) is 13.5. The summed E-state index contributed by atoms with van der Waals surface area (Å²) in [5.41, 5.74) is 3.70. The lowest BCUT2D eigenvalue weighted by Gasteiger charge is -2.07. The molecule has 0 saturated carbocycles. The van der Waals surface area contributed by atoms with E-state index >= 15 is 0 Å². The largest absolute Gasteiger partial charge is 0.481 e. The number of alkyl halides is 3. The van der Waals surface area contributed by atoms with Crippen LogP contribution < -0.4 is 10.5 Å². The molecule has 3 aromatic rings. The van der Waals surface area contributed by atoms with E-state index in [0.717, 1.165) is 21.6 Å². The number of amides is 1. The Hall–Kier alpha value is -3.44. The molecule has 0 saturated heterocycles. The summed E-state index contributed by atoms with van der Waals surface area (Å²) in [5.74, 6) is -0.995. The predicted molar refractivity (Wildman–Crippen MR) is 81.4 cm³/mol. The van der Waals surface area contributed by atoms with Crippen molar-refractivity contribution in [2.75, 3.05) is 7.11 Å². The van der Waals surface area contributed by atoms with Gasteiger partial charge in [0.1, 0.15) is 0 Å². The fourth-order valence-corrected chi connectivity index (χ4v) is 2.32. The number of rotatable bonds is 4. The lowest BCUT2D eigenvalue weighted by atomic mass is 10.2. The summed E-state index contributed by atoms with van der Waals surface area (Å²) in [6.07, 6.45) is -1.22. The number of imidazole rings is 1. The number of carbonyl (C=O) groups excluding carboxylic acids is 1. The predicted octanol–water partition coefficient (Wildman–Crippen LogP) is 1.19. The Balaban J connectivity index is 2.19. The van der Waals surface area contributed by atoms with E-state index in [4.69, 9.17) is 10.5 Å². The van der Waals surface area contributed by atoms with Crippen molar-refractivity contribution >= 4 is 5.91 Å². The topological polar surface area (TPSA) is 114 Å². The molecule has 1 amide bonds. The minimum absolute atomic E-state index is 0.0141. The number of hydrogen-bond donors (Lipinski definition) is 1. The number of methoxy groups -OCH3 is 1. The standard InChI is InChI=1S/C14H12F3N7O2/c1-23-8(5-20-12(23)11(18)25)7-6-24(22-10(7)14(15,16)17)13-19-4-3-9(21-13)26-2/h3-6H,1-2H3,(H2,18,25).